The predicted octanol–water partition coefficient (Wildman–Crippen LogP) is 0.695. The van der Waals surface area contributed by atoms with Gasteiger partial charge in [-0.2, -0.15) is 0 Å². The molecule has 0 radical (unpaired) electrons. The van der Waals surface area contributed by atoms with E-state index in [1.165, 1.54) is 0 Å². The number of nitrogens with two attached hydrogens (primary N) is 1. The first-order chi connectivity index (χ1) is 7.56. The van der Waals surface area contributed by atoms with Gasteiger partial charge in [0.2, 0.25) is 5.91 Å². The maximum absolute atomic E-state index is 10.6. The number of carbonyl (C=O) groups excluding carboxylic acids is 1. The molecule has 0 aliphatic heterocycles. The maximum Gasteiger partial charge on any atom is 0.220 e. The first-order valence-electron chi connectivity index (χ1n) is 4.84. The van der Waals surface area contributed by atoms with E-state index in [9.17, 15) is 15.0 Å². The van der Waals surface area contributed by atoms with E-state index in [1.54, 1.807) is 24.3 Å². The molecule has 0 aliphatic rings. The third kappa shape index (κ3) is 3.20. The predicted molar refractivity (Wildman–Crippen MR) is 60.8 cm³/mol. The zero-order valence-corrected chi connectivity index (χ0v) is 9.39. The highest BCUT2D eigenvalue weighted by atomic mass is 35.5. The molecule has 0 bridgehead atoms. The third-order valence-corrected chi connectivity index (χ3v) is 2.58. The Labute approximate surface area is 98.6 Å². The van der Waals surface area contributed by atoms with Crippen LogP contribution in [0.4, 0.5) is 0 Å². The average molecular weight is 244 g/mol. The first-order valence-corrected chi connectivity index (χ1v) is 5.38. The molecule has 16 heavy (non-hydrogen) atoms. The van der Waals surface area contributed by atoms with Crippen LogP contribution in [-0.2, 0) is 10.7 Å². The molecule has 0 fully saturated rings. The average Bonchev–Trinajstić information content (AvgIpc) is 2.27. The molecule has 1 amide bonds. The lowest BCUT2D eigenvalue weighted by atomic mass is 9.98. The molecule has 0 saturated carbocycles. The third-order valence-electron chi connectivity index (χ3n) is 2.29. The van der Waals surface area contributed by atoms with Crippen molar-refractivity contribution in [2.24, 2.45) is 5.73 Å². The largest absolute Gasteiger partial charge is 0.390 e. The Kier molecular flexibility index (Phi) is 4.73. The number of rotatable bonds is 5. The fraction of sp³-hybridized carbons (Fsp3) is 0.364. The van der Waals surface area contributed by atoms with E-state index in [0.29, 0.717) is 5.56 Å². The van der Waals surface area contributed by atoms with Gasteiger partial charge in [-0.15, -0.1) is 11.6 Å². The van der Waals surface area contributed by atoms with Crippen molar-refractivity contribution in [3.05, 3.63) is 35.4 Å². The van der Waals surface area contributed by atoms with Crippen molar-refractivity contribution in [2.75, 3.05) is 0 Å². The number of hydrogen-bond donors (Lipinski definition) is 3. The number of carbonyl (C=O) groups is 1. The van der Waals surface area contributed by atoms with Crippen molar-refractivity contribution < 1.29 is 15.0 Å². The van der Waals surface area contributed by atoms with Crippen molar-refractivity contribution in [2.45, 2.75) is 24.5 Å². The van der Waals surface area contributed by atoms with Gasteiger partial charge in [-0.1, -0.05) is 24.3 Å². The topological polar surface area (TPSA) is 83.6 Å². The molecule has 0 spiro atoms. The van der Waals surface area contributed by atoms with Crippen LogP contribution >= 0.6 is 11.6 Å². The van der Waals surface area contributed by atoms with Crippen molar-refractivity contribution in [1.82, 2.24) is 0 Å². The van der Waals surface area contributed by atoms with Gasteiger partial charge in [0.25, 0.3) is 0 Å². The summed E-state index contributed by atoms with van der Waals surface area (Å²) in [5.41, 5.74) is 6.19. The van der Waals surface area contributed by atoms with Crippen molar-refractivity contribution in [1.29, 1.82) is 0 Å². The van der Waals surface area contributed by atoms with Gasteiger partial charge in [0.15, 0.2) is 0 Å². The summed E-state index contributed by atoms with van der Waals surface area (Å²) >= 11 is 5.70. The van der Waals surface area contributed by atoms with Crippen LogP contribution < -0.4 is 5.73 Å². The highest BCUT2D eigenvalue weighted by Crippen LogP contribution is 2.23. The van der Waals surface area contributed by atoms with Crippen LogP contribution in [-0.4, -0.2) is 22.2 Å². The molecule has 1 aromatic rings. The Bertz CT molecular complexity index is 370. The molecule has 2 unspecified atom stereocenters. The standard InChI is InChI=1S/C11H14ClNO3/c12-6-7-3-1-2-4-8(7)11(16)9(14)5-10(13)15/h1-4,9,11,14,16H,5-6H2,(H2,13,15). The second-order valence-corrected chi connectivity index (χ2v) is 3.78. The summed E-state index contributed by atoms with van der Waals surface area (Å²) in [4.78, 5) is 10.6. The Morgan fingerprint density at radius 1 is 1.38 bits per heavy atom. The van der Waals surface area contributed by atoms with Gasteiger partial charge in [0.1, 0.15) is 6.10 Å². The number of benzene rings is 1. The minimum Gasteiger partial charge on any atom is -0.390 e. The van der Waals surface area contributed by atoms with Crippen LogP contribution in [0.5, 0.6) is 0 Å². The van der Waals surface area contributed by atoms with Gasteiger partial charge in [-0.3, -0.25) is 4.79 Å². The SMILES string of the molecule is NC(=O)CC(O)C(O)c1ccccc1CCl. The smallest absolute Gasteiger partial charge is 0.220 e. The second-order valence-electron chi connectivity index (χ2n) is 3.52. The van der Waals surface area contributed by atoms with Crippen LogP contribution in [0.1, 0.15) is 23.7 Å². The van der Waals surface area contributed by atoms with E-state index in [0.717, 1.165) is 5.56 Å². The van der Waals surface area contributed by atoms with Gasteiger partial charge in [0.05, 0.1) is 12.5 Å². The fourth-order valence-electron chi connectivity index (χ4n) is 1.47. The normalized spacial score (nSPS) is 14.4. The second kappa shape index (κ2) is 5.84. The monoisotopic (exact) mass is 243 g/mol. The van der Waals surface area contributed by atoms with Gasteiger partial charge < -0.3 is 15.9 Å². The van der Waals surface area contributed by atoms with Crippen LogP contribution in [0.25, 0.3) is 0 Å². The highest BCUT2D eigenvalue weighted by molar-refractivity contribution is 6.17. The maximum atomic E-state index is 10.6. The number of hydrogen-bond acceptors (Lipinski definition) is 3. The quantitative estimate of drug-likeness (QED) is 0.666. The summed E-state index contributed by atoms with van der Waals surface area (Å²) in [5.74, 6) is -0.425. The van der Waals surface area contributed by atoms with Gasteiger partial charge >= 0.3 is 0 Å². The number of primary amides is 1. The van der Waals surface area contributed by atoms with Crippen LogP contribution in [0.2, 0.25) is 0 Å². The minimum atomic E-state index is -1.21. The van der Waals surface area contributed by atoms with Crippen LogP contribution in [0.3, 0.4) is 0 Å². The number of aliphatic hydroxyl groups is 2. The number of aliphatic hydroxyl groups excluding tert-OH is 2. The Morgan fingerprint density at radius 3 is 2.56 bits per heavy atom. The Balaban J connectivity index is 2.86. The minimum absolute atomic E-state index is 0.233. The van der Waals surface area contributed by atoms with E-state index in [-0.39, 0.29) is 12.3 Å². The highest BCUT2D eigenvalue weighted by Gasteiger charge is 2.22. The van der Waals surface area contributed by atoms with Crippen molar-refractivity contribution in [3.63, 3.8) is 0 Å². The van der Waals surface area contributed by atoms with E-state index < -0.39 is 18.1 Å². The summed E-state index contributed by atoms with van der Waals surface area (Å²) < 4.78 is 0. The Hall–Kier alpha value is -1.10. The van der Waals surface area contributed by atoms with Gasteiger partial charge in [-0.25, -0.2) is 0 Å². The van der Waals surface area contributed by atoms with E-state index >= 15 is 0 Å². The number of amides is 1. The van der Waals surface area contributed by atoms with E-state index in [2.05, 4.69) is 0 Å². The van der Waals surface area contributed by atoms with Gasteiger partial charge in [0, 0.05) is 5.88 Å². The molecule has 0 heterocycles. The number of alkyl halides is 1. The molecule has 5 heteroatoms. The van der Waals surface area contributed by atoms with Crippen molar-refractivity contribution in [3.8, 4) is 0 Å². The molecule has 1 rings (SSSR count). The lowest BCUT2D eigenvalue weighted by molar-refractivity contribution is -0.121. The lowest BCUT2D eigenvalue weighted by Crippen LogP contribution is -2.26. The molecule has 2 atom stereocenters. The summed E-state index contributed by atoms with van der Waals surface area (Å²) in [6.07, 6.45) is -2.64. The first kappa shape index (κ1) is 13.0. The molecule has 1 aromatic carbocycles. The summed E-state index contributed by atoms with van der Waals surface area (Å²) in [6.45, 7) is 0. The van der Waals surface area contributed by atoms with E-state index in [1.807, 2.05) is 0 Å². The zero-order valence-electron chi connectivity index (χ0n) is 8.64. The molecule has 4 nitrogen and oxygen atoms in total. The Morgan fingerprint density at radius 2 is 2.00 bits per heavy atom. The van der Waals surface area contributed by atoms with E-state index in [4.69, 9.17) is 17.3 Å². The molecule has 4 N–H and O–H groups in total. The van der Waals surface area contributed by atoms with Crippen LogP contribution in [0.15, 0.2) is 24.3 Å². The van der Waals surface area contributed by atoms with Gasteiger partial charge in [-0.05, 0) is 11.1 Å². The van der Waals surface area contributed by atoms with Crippen LogP contribution in [0, 0.1) is 0 Å². The molecule has 0 saturated heterocycles. The molecular weight excluding hydrogens is 230 g/mol. The molecular formula is C11H14ClNO3. The molecule has 88 valence electrons. The van der Waals surface area contributed by atoms with Crippen molar-refractivity contribution >= 4 is 17.5 Å². The summed E-state index contributed by atoms with van der Waals surface area (Å²) in [5, 5.41) is 19.4. The lowest BCUT2D eigenvalue weighted by Gasteiger charge is -2.19. The summed E-state index contributed by atoms with van der Waals surface area (Å²) in [6, 6.07) is 6.93. The zero-order chi connectivity index (χ0) is 12.1. The molecule has 0 aliphatic carbocycles. The molecule has 0 aromatic heterocycles. The number of halogens is 1. The fourth-order valence-corrected chi connectivity index (χ4v) is 1.71. The summed E-state index contributed by atoms with van der Waals surface area (Å²) in [7, 11) is 0.